The van der Waals surface area contributed by atoms with Crippen LogP contribution in [-0.2, 0) is 13.2 Å². The van der Waals surface area contributed by atoms with Crippen molar-refractivity contribution in [2.45, 2.75) is 13.2 Å². The number of benzene rings is 1. The summed E-state index contributed by atoms with van der Waals surface area (Å²) in [5, 5.41) is 14.0. The van der Waals surface area contributed by atoms with Crippen LogP contribution in [0.5, 0.6) is 0 Å². The van der Waals surface area contributed by atoms with Gasteiger partial charge in [0.2, 0.25) is 0 Å². The molecule has 1 N–H and O–H groups in total. The van der Waals surface area contributed by atoms with E-state index >= 15 is 0 Å². The Kier molecular flexibility index (Phi) is 2.42. The number of fused-ring (bicyclic) bond motifs is 1. The van der Waals surface area contributed by atoms with Crippen LogP contribution in [0.15, 0.2) is 47.2 Å². The predicted molar refractivity (Wildman–Crippen MR) is 63.5 cm³/mol. The third-order valence-corrected chi connectivity index (χ3v) is 2.84. The van der Waals surface area contributed by atoms with E-state index in [9.17, 15) is 0 Å². The van der Waals surface area contributed by atoms with Crippen LogP contribution >= 0.6 is 0 Å². The normalized spacial score (nSPS) is 11.1. The second-order valence-corrected chi connectivity index (χ2v) is 3.97. The third kappa shape index (κ3) is 1.83. The highest BCUT2D eigenvalue weighted by Crippen LogP contribution is 2.19. The predicted octanol–water partition coefficient (Wildman–Crippen LogP) is 2.17. The lowest BCUT2D eigenvalue weighted by Gasteiger charge is -2.03. The minimum atomic E-state index is 0.0590. The van der Waals surface area contributed by atoms with E-state index in [4.69, 9.17) is 9.63 Å². The van der Waals surface area contributed by atoms with Crippen molar-refractivity contribution in [3.63, 3.8) is 0 Å². The summed E-state index contributed by atoms with van der Waals surface area (Å²) in [7, 11) is 0. The number of aliphatic hydroxyl groups excluding tert-OH is 1. The van der Waals surface area contributed by atoms with Crippen molar-refractivity contribution >= 4 is 10.9 Å². The van der Waals surface area contributed by atoms with Crippen molar-refractivity contribution in [1.29, 1.82) is 0 Å². The minimum Gasteiger partial charge on any atom is -0.392 e. The van der Waals surface area contributed by atoms with Gasteiger partial charge in [0.05, 0.1) is 19.3 Å². The molecule has 3 aromatic rings. The number of nitrogens with zero attached hydrogens (tertiary/aromatic N) is 2. The fraction of sp³-hybridized carbons (Fsp3) is 0.154. The van der Waals surface area contributed by atoms with Crippen LogP contribution in [0.25, 0.3) is 10.9 Å². The van der Waals surface area contributed by atoms with E-state index < -0.39 is 0 Å². The number of hydrogen-bond acceptors (Lipinski definition) is 3. The van der Waals surface area contributed by atoms with Gasteiger partial charge in [-0.1, -0.05) is 17.3 Å². The van der Waals surface area contributed by atoms with Crippen molar-refractivity contribution in [2.24, 2.45) is 0 Å². The second kappa shape index (κ2) is 4.07. The summed E-state index contributed by atoms with van der Waals surface area (Å²) in [6.07, 6.45) is 3.65. The highest BCUT2D eigenvalue weighted by Gasteiger charge is 2.04. The first-order valence-electron chi connectivity index (χ1n) is 5.45. The van der Waals surface area contributed by atoms with Gasteiger partial charge in [-0.15, -0.1) is 0 Å². The molecule has 0 saturated carbocycles. The number of rotatable bonds is 3. The molecule has 0 spiro atoms. The molecular formula is C13H12N2O2. The average Bonchev–Trinajstić information content (AvgIpc) is 2.99. The highest BCUT2D eigenvalue weighted by molar-refractivity contribution is 5.80. The zero-order valence-corrected chi connectivity index (χ0v) is 9.21. The molecule has 4 heteroatoms. The molecular weight excluding hydrogens is 216 g/mol. The molecule has 86 valence electrons. The topological polar surface area (TPSA) is 51.2 Å². The summed E-state index contributed by atoms with van der Waals surface area (Å²) >= 11 is 0. The van der Waals surface area contributed by atoms with Gasteiger partial charge in [-0.2, -0.15) is 0 Å². The molecule has 0 aliphatic heterocycles. The first kappa shape index (κ1) is 10.1. The van der Waals surface area contributed by atoms with Gasteiger partial charge >= 0.3 is 0 Å². The maximum absolute atomic E-state index is 9.14. The van der Waals surface area contributed by atoms with E-state index in [-0.39, 0.29) is 6.61 Å². The molecule has 0 amide bonds. The largest absolute Gasteiger partial charge is 0.392 e. The SMILES string of the molecule is OCc1ccc2ccn(Cc3ccno3)c2c1. The summed E-state index contributed by atoms with van der Waals surface area (Å²) in [4.78, 5) is 0. The Bertz CT molecular complexity index is 626. The molecule has 2 aromatic heterocycles. The number of aliphatic hydroxyl groups is 1. The van der Waals surface area contributed by atoms with Crippen molar-refractivity contribution in [3.8, 4) is 0 Å². The van der Waals surface area contributed by atoms with E-state index in [0.717, 1.165) is 22.2 Å². The zero-order valence-electron chi connectivity index (χ0n) is 9.21. The van der Waals surface area contributed by atoms with Crippen LogP contribution in [0, 0.1) is 0 Å². The smallest absolute Gasteiger partial charge is 0.156 e. The zero-order chi connectivity index (χ0) is 11.7. The lowest BCUT2D eigenvalue weighted by molar-refractivity contribution is 0.282. The molecule has 0 atom stereocenters. The number of aromatic nitrogens is 2. The quantitative estimate of drug-likeness (QED) is 0.747. The Labute approximate surface area is 98.1 Å². The first-order valence-corrected chi connectivity index (χ1v) is 5.45. The van der Waals surface area contributed by atoms with E-state index in [1.807, 2.05) is 36.5 Å². The molecule has 0 fully saturated rings. The maximum atomic E-state index is 9.14. The van der Waals surface area contributed by atoms with E-state index in [2.05, 4.69) is 9.72 Å². The van der Waals surface area contributed by atoms with Gasteiger partial charge in [-0.3, -0.25) is 0 Å². The highest BCUT2D eigenvalue weighted by atomic mass is 16.5. The minimum absolute atomic E-state index is 0.0590. The molecule has 1 aromatic carbocycles. The van der Waals surface area contributed by atoms with Crippen molar-refractivity contribution < 1.29 is 9.63 Å². The van der Waals surface area contributed by atoms with Crippen LogP contribution in [0.2, 0.25) is 0 Å². The van der Waals surface area contributed by atoms with Gasteiger partial charge in [0.1, 0.15) is 0 Å². The molecule has 0 aliphatic carbocycles. The Morgan fingerprint density at radius 3 is 2.94 bits per heavy atom. The second-order valence-electron chi connectivity index (χ2n) is 3.97. The van der Waals surface area contributed by atoms with Crippen LogP contribution < -0.4 is 0 Å². The molecule has 0 unspecified atom stereocenters. The van der Waals surface area contributed by atoms with E-state index in [1.165, 1.54) is 0 Å². The summed E-state index contributed by atoms with van der Waals surface area (Å²) in [6.45, 7) is 0.710. The lowest BCUT2D eigenvalue weighted by Crippen LogP contribution is -1.96. The molecule has 4 nitrogen and oxygen atoms in total. The summed E-state index contributed by atoms with van der Waals surface area (Å²) in [5.74, 6) is 0.817. The number of hydrogen-bond donors (Lipinski definition) is 1. The summed E-state index contributed by atoms with van der Waals surface area (Å²) < 4.78 is 7.17. The van der Waals surface area contributed by atoms with Crippen LogP contribution in [0.4, 0.5) is 0 Å². The van der Waals surface area contributed by atoms with Gasteiger partial charge < -0.3 is 14.2 Å². The molecule has 0 aliphatic rings. The van der Waals surface area contributed by atoms with Gasteiger partial charge in [-0.25, -0.2) is 0 Å². The third-order valence-electron chi connectivity index (χ3n) is 2.84. The van der Waals surface area contributed by atoms with Crippen LogP contribution in [-0.4, -0.2) is 14.8 Å². The van der Waals surface area contributed by atoms with Crippen molar-refractivity contribution in [3.05, 3.63) is 54.0 Å². The Balaban J connectivity index is 2.04. The first-order chi connectivity index (χ1) is 8.36. The molecule has 3 rings (SSSR count). The molecule has 0 radical (unpaired) electrons. The molecule has 0 saturated heterocycles. The maximum Gasteiger partial charge on any atom is 0.156 e. The lowest BCUT2D eigenvalue weighted by atomic mass is 10.2. The summed E-state index contributed by atoms with van der Waals surface area (Å²) in [6, 6.07) is 9.83. The fourth-order valence-corrected chi connectivity index (χ4v) is 1.96. The fourth-order valence-electron chi connectivity index (χ4n) is 1.96. The van der Waals surface area contributed by atoms with Gasteiger partial charge in [-0.05, 0) is 23.1 Å². The standard InChI is InChI=1S/C13H12N2O2/c16-9-10-1-2-11-4-6-15(13(11)7-10)8-12-3-5-14-17-12/h1-7,16H,8-9H2. The van der Waals surface area contributed by atoms with Crippen molar-refractivity contribution in [2.75, 3.05) is 0 Å². The Hall–Kier alpha value is -2.07. The van der Waals surface area contributed by atoms with Gasteiger partial charge in [0.15, 0.2) is 5.76 Å². The Morgan fingerprint density at radius 1 is 1.24 bits per heavy atom. The Morgan fingerprint density at radius 2 is 2.18 bits per heavy atom. The average molecular weight is 228 g/mol. The molecule has 0 bridgehead atoms. The van der Waals surface area contributed by atoms with Crippen LogP contribution in [0.3, 0.4) is 0 Å². The molecule has 2 heterocycles. The van der Waals surface area contributed by atoms with E-state index in [1.54, 1.807) is 6.20 Å². The molecule has 17 heavy (non-hydrogen) atoms. The monoisotopic (exact) mass is 228 g/mol. The van der Waals surface area contributed by atoms with Crippen LogP contribution in [0.1, 0.15) is 11.3 Å². The summed E-state index contributed by atoms with van der Waals surface area (Å²) in [5.41, 5.74) is 2.00. The van der Waals surface area contributed by atoms with Gasteiger partial charge in [0, 0.05) is 17.8 Å². The van der Waals surface area contributed by atoms with Gasteiger partial charge in [0.25, 0.3) is 0 Å². The van der Waals surface area contributed by atoms with E-state index in [0.29, 0.717) is 6.54 Å². The van der Waals surface area contributed by atoms with Crippen molar-refractivity contribution in [1.82, 2.24) is 9.72 Å².